The van der Waals surface area contributed by atoms with Crippen LogP contribution in [0, 0.1) is 0 Å². The van der Waals surface area contributed by atoms with Gasteiger partial charge in [0.25, 0.3) is 0 Å². The number of ether oxygens (including phenoxy) is 1. The van der Waals surface area contributed by atoms with Gasteiger partial charge in [-0.25, -0.2) is 0 Å². The molecule has 5 nitrogen and oxygen atoms in total. The number of carboxylic acids is 1. The zero-order valence-corrected chi connectivity index (χ0v) is 11.9. The van der Waals surface area contributed by atoms with E-state index in [1.807, 2.05) is 24.3 Å². The fourth-order valence-corrected chi connectivity index (χ4v) is 2.03. The minimum atomic E-state index is -0.851. The van der Waals surface area contributed by atoms with Gasteiger partial charge in [-0.1, -0.05) is 24.3 Å². The normalized spacial score (nSPS) is 11.9. The molecule has 1 rings (SSSR count). The number of carbonyl (C=O) groups excluding carboxylic acids is 1. The quantitative estimate of drug-likeness (QED) is 0.760. The predicted molar refractivity (Wildman–Crippen MR) is 75.3 cm³/mol. The van der Waals surface area contributed by atoms with Crippen LogP contribution in [0.15, 0.2) is 24.3 Å². The molecule has 20 heavy (non-hydrogen) atoms. The predicted octanol–water partition coefficient (Wildman–Crippen LogP) is 1.74. The first kappa shape index (κ1) is 16.2. The average Bonchev–Trinajstić information content (AvgIpc) is 2.38. The van der Waals surface area contributed by atoms with Gasteiger partial charge in [-0.15, -0.1) is 0 Å². The van der Waals surface area contributed by atoms with Crippen LogP contribution >= 0.6 is 0 Å². The highest BCUT2D eigenvalue weighted by Crippen LogP contribution is 2.10. The van der Waals surface area contributed by atoms with Crippen LogP contribution in [0.25, 0.3) is 0 Å². The zero-order chi connectivity index (χ0) is 15.0. The first-order chi connectivity index (χ1) is 9.51. The van der Waals surface area contributed by atoms with Gasteiger partial charge in [0.15, 0.2) is 0 Å². The first-order valence-electron chi connectivity index (χ1n) is 6.57. The Hall–Kier alpha value is -1.88. The maximum Gasteiger partial charge on any atom is 0.303 e. The second kappa shape index (κ2) is 8.32. The smallest absolute Gasteiger partial charge is 0.303 e. The van der Waals surface area contributed by atoms with E-state index >= 15 is 0 Å². The van der Waals surface area contributed by atoms with Crippen LogP contribution in [0.4, 0.5) is 0 Å². The van der Waals surface area contributed by atoms with Gasteiger partial charge in [0.05, 0.1) is 6.61 Å². The van der Waals surface area contributed by atoms with Gasteiger partial charge in [-0.3, -0.25) is 9.59 Å². The molecule has 0 radical (unpaired) electrons. The molecule has 0 aliphatic heterocycles. The van der Waals surface area contributed by atoms with Crippen LogP contribution in [-0.4, -0.2) is 30.1 Å². The number of aliphatic carboxylic acids is 1. The lowest BCUT2D eigenvalue weighted by Crippen LogP contribution is -2.35. The van der Waals surface area contributed by atoms with Crippen LogP contribution in [0.3, 0.4) is 0 Å². The van der Waals surface area contributed by atoms with E-state index in [1.54, 1.807) is 7.11 Å². The maximum absolute atomic E-state index is 11.2. The lowest BCUT2D eigenvalue weighted by molar-refractivity contribution is -0.137. The molecule has 5 heteroatoms. The van der Waals surface area contributed by atoms with Crippen molar-refractivity contribution in [2.24, 2.45) is 0 Å². The van der Waals surface area contributed by atoms with E-state index < -0.39 is 5.97 Å². The molecule has 0 heterocycles. The Balaban J connectivity index is 2.62. The highest BCUT2D eigenvalue weighted by molar-refractivity contribution is 5.73. The largest absolute Gasteiger partial charge is 0.481 e. The van der Waals surface area contributed by atoms with E-state index in [9.17, 15) is 9.59 Å². The molecule has 1 amide bonds. The second-order valence-electron chi connectivity index (χ2n) is 4.78. The Morgan fingerprint density at radius 3 is 2.35 bits per heavy atom. The molecule has 0 aliphatic rings. The van der Waals surface area contributed by atoms with Crippen molar-refractivity contribution < 1.29 is 19.4 Å². The number of carbonyl (C=O) groups is 2. The van der Waals surface area contributed by atoms with Crippen LogP contribution in [0.5, 0.6) is 0 Å². The minimum Gasteiger partial charge on any atom is -0.481 e. The van der Waals surface area contributed by atoms with E-state index in [0.29, 0.717) is 19.4 Å². The molecular formula is C15H21NO4. The number of rotatable bonds is 8. The molecule has 0 aromatic heterocycles. The third-order valence-electron chi connectivity index (χ3n) is 2.93. The summed E-state index contributed by atoms with van der Waals surface area (Å²) in [6, 6.07) is 7.74. The summed E-state index contributed by atoms with van der Waals surface area (Å²) in [6.45, 7) is 2.00. The number of hydrogen-bond donors (Lipinski definition) is 2. The second-order valence-corrected chi connectivity index (χ2v) is 4.78. The molecule has 0 bridgehead atoms. The molecule has 1 aromatic rings. The fourth-order valence-electron chi connectivity index (χ4n) is 2.03. The molecule has 1 aromatic carbocycles. The molecular weight excluding hydrogens is 258 g/mol. The van der Waals surface area contributed by atoms with E-state index in [0.717, 1.165) is 11.1 Å². The molecule has 0 fully saturated rings. The van der Waals surface area contributed by atoms with Crippen LogP contribution in [-0.2, 0) is 27.4 Å². The number of carboxylic acid groups (broad SMARTS) is 1. The van der Waals surface area contributed by atoms with Crippen molar-refractivity contribution in [3.63, 3.8) is 0 Å². The average molecular weight is 279 g/mol. The van der Waals surface area contributed by atoms with Gasteiger partial charge in [0.2, 0.25) is 5.91 Å². The summed E-state index contributed by atoms with van der Waals surface area (Å²) < 4.78 is 5.04. The third kappa shape index (κ3) is 6.33. The summed E-state index contributed by atoms with van der Waals surface area (Å²) in [6.07, 6.45) is 1.10. The van der Waals surface area contributed by atoms with Crippen molar-refractivity contribution in [2.75, 3.05) is 7.11 Å². The summed E-state index contributed by atoms with van der Waals surface area (Å²) in [5, 5.41) is 11.5. The summed E-state index contributed by atoms with van der Waals surface area (Å²) in [5.74, 6) is -0.993. The van der Waals surface area contributed by atoms with Crippen molar-refractivity contribution in [3.05, 3.63) is 35.4 Å². The van der Waals surface area contributed by atoms with Crippen molar-refractivity contribution in [1.29, 1.82) is 0 Å². The molecule has 0 spiro atoms. The number of benzene rings is 1. The fraction of sp³-hybridized carbons (Fsp3) is 0.467. The Kier molecular flexibility index (Phi) is 6.73. The molecule has 0 aliphatic carbocycles. The van der Waals surface area contributed by atoms with Crippen molar-refractivity contribution in [3.8, 4) is 0 Å². The lowest BCUT2D eigenvalue weighted by atomic mass is 10.0. The van der Waals surface area contributed by atoms with E-state index in [-0.39, 0.29) is 18.4 Å². The zero-order valence-electron chi connectivity index (χ0n) is 11.9. The standard InChI is InChI=1S/C15H21NO4/c1-11(17)16-14(7-8-15(18)19)9-12-3-5-13(6-4-12)10-20-2/h3-6,14H,7-10H2,1-2H3,(H,16,17)(H,18,19). The highest BCUT2D eigenvalue weighted by Gasteiger charge is 2.12. The van der Waals surface area contributed by atoms with Crippen LogP contribution in [0.2, 0.25) is 0 Å². The summed E-state index contributed by atoms with van der Waals surface area (Å²) in [4.78, 5) is 21.8. The summed E-state index contributed by atoms with van der Waals surface area (Å²) in [5.41, 5.74) is 2.15. The van der Waals surface area contributed by atoms with Crippen LogP contribution < -0.4 is 5.32 Å². The first-order valence-corrected chi connectivity index (χ1v) is 6.57. The maximum atomic E-state index is 11.2. The highest BCUT2D eigenvalue weighted by atomic mass is 16.5. The molecule has 1 unspecified atom stereocenters. The SMILES string of the molecule is COCc1ccc(CC(CCC(=O)O)NC(C)=O)cc1. The number of nitrogens with one attached hydrogen (secondary N) is 1. The third-order valence-corrected chi connectivity index (χ3v) is 2.93. The topological polar surface area (TPSA) is 75.6 Å². The number of hydrogen-bond acceptors (Lipinski definition) is 3. The van der Waals surface area contributed by atoms with E-state index in [1.165, 1.54) is 6.92 Å². The molecule has 1 atom stereocenters. The monoisotopic (exact) mass is 279 g/mol. The van der Waals surface area contributed by atoms with Crippen molar-refractivity contribution >= 4 is 11.9 Å². The Morgan fingerprint density at radius 2 is 1.85 bits per heavy atom. The van der Waals surface area contributed by atoms with Crippen molar-refractivity contribution in [1.82, 2.24) is 5.32 Å². The number of amides is 1. The summed E-state index contributed by atoms with van der Waals surface area (Å²) in [7, 11) is 1.65. The Bertz CT molecular complexity index is 442. The van der Waals surface area contributed by atoms with Gasteiger partial charge < -0.3 is 15.2 Å². The minimum absolute atomic E-state index is 0.0483. The Labute approximate surface area is 118 Å². The van der Waals surface area contributed by atoms with Gasteiger partial charge in [0.1, 0.15) is 0 Å². The van der Waals surface area contributed by atoms with Crippen molar-refractivity contribution in [2.45, 2.75) is 38.8 Å². The molecule has 110 valence electrons. The molecule has 2 N–H and O–H groups in total. The van der Waals surface area contributed by atoms with Gasteiger partial charge in [-0.2, -0.15) is 0 Å². The van der Waals surface area contributed by atoms with Gasteiger partial charge >= 0.3 is 5.97 Å². The Morgan fingerprint density at radius 1 is 1.25 bits per heavy atom. The van der Waals surface area contributed by atoms with Crippen LogP contribution in [0.1, 0.15) is 30.9 Å². The summed E-state index contributed by atoms with van der Waals surface area (Å²) >= 11 is 0. The molecule has 0 saturated carbocycles. The van der Waals surface area contributed by atoms with Gasteiger partial charge in [-0.05, 0) is 24.0 Å². The van der Waals surface area contributed by atoms with E-state index in [4.69, 9.17) is 9.84 Å². The number of methoxy groups -OCH3 is 1. The van der Waals surface area contributed by atoms with Gasteiger partial charge in [0, 0.05) is 26.5 Å². The lowest BCUT2D eigenvalue weighted by Gasteiger charge is -2.17. The molecule has 0 saturated heterocycles. The van der Waals surface area contributed by atoms with E-state index in [2.05, 4.69) is 5.32 Å².